The molecular formula is C20H27N5+2. The number of nitriles is 1. The third-order valence-electron chi connectivity index (χ3n) is 4.57. The van der Waals surface area contributed by atoms with Gasteiger partial charge in [-0.25, -0.2) is 0 Å². The van der Waals surface area contributed by atoms with Crippen molar-refractivity contribution in [3.05, 3.63) is 41.5 Å². The monoisotopic (exact) mass is 337 g/mol. The highest BCUT2D eigenvalue weighted by atomic mass is 15.1. The Labute approximate surface area is 148 Å². The van der Waals surface area contributed by atoms with Crippen molar-refractivity contribution in [2.75, 3.05) is 32.5 Å². The molecule has 0 radical (unpaired) electrons. The van der Waals surface area contributed by atoms with Gasteiger partial charge in [0.15, 0.2) is 0 Å². The zero-order chi connectivity index (χ0) is 18.0. The zero-order valence-electron chi connectivity index (χ0n) is 15.5. The number of aromatic amines is 1. The minimum Gasteiger partial charge on any atom is -0.340 e. The molecule has 1 aromatic carbocycles. The van der Waals surface area contributed by atoms with Crippen LogP contribution in [-0.2, 0) is 0 Å². The summed E-state index contributed by atoms with van der Waals surface area (Å²) in [4.78, 5) is 4.89. The van der Waals surface area contributed by atoms with Gasteiger partial charge in [0.25, 0.3) is 0 Å². The number of fused-ring (bicyclic) bond motifs is 3. The van der Waals surface area contributed by atoms with Crippen LogP contribution in [0.15, 0.2) is 30.3 Å². The number of nitrogens with one attached hydrogen (secondary N) is 3. The molecule has 0 atom stereocenters. The summed E-state index contributed by atoms with van der Waals surface area (Å²) in [5.74, 6) is 1.33. The molecule has 0 amide bonds. The summed E-state index contributed by atoms with van der Waals surface area (Å²) < 4.78 is 2.14. The molecule has 0 bridgehead atoms. The molecule has 2 aromatic heterocycles. The van der Waals surface area contributed by atoms with Crippen LogP contribution in [0.2, 0.25) is 0 Å². The smallest absolute Gasteiger partial charge is 0.250 e. The third kappa shape index (κ3) is 3.31. The van der Waals surface area contributed by atoms with E-state index in [0.717, 1.165) is 53.1 Å². The Morgan fingerprint density at radius 2 is 2.04 bits per heavy atom. The number of H-pyrrole nitrogens is 1. The molecule has 25 heavy (non-hydrogen) atoms. The number of quaternary nitrogens is 1. The normalized spacial score (nSPS) is 11.6. The van der Waals surface area contributed by atoms with E-state index in [1.807, 2.05) is 12.1 Å². The van der Waals surface area contributed by atoms with Crippen LogP contribution in [0, 0.1) is 11.3 Å². The lowest BCUT2D eigenvalue weighted by Crippen LogP contribution is -3.05. The molecule has 130 valence electrons. The first kappa shape index (κ1) is 17.2. The molecule has 5 nitrogen and oxygen atoms in total. The van der Waals surface area contributed by atoms with Crippen LogP contribution >= 0.6 is 0 Å². The second-order valence-electron chi connectivity index (χ2n) is 7.19. The standard InChI is InChI=1S/C20H25N5/c1-14(2)15-12-19(22-10-7-11-24(3)4)25-18-9-6-5-8-17(18)23-20(25)16(15)13-21/h5-6,8-9,12,14H,7,10-11H2,1-4H3,(H,22,23)/p+2. The molecular weight excluding hydrogens is 310 g/mol. The van der Waals surface area contributed by atoms with Crippen LogP contribution in [0.1, 0.15) is 37.3 Å². The van der Waals surface area contributed by atoms with Gasteiger partial charge in [-0.1, -0.05) is 26.0 Å². The second-order valence-corrected chi connectivity index (χ2v) is 7.19. The van der Waals surface area contributed by atoms with Gasteiger partial charge in [-0.3, -0.25) is 4.98 Å². The largest absolute Gasteiger partial charge is 0.340 e. The van der Waals surface area contributed by atoms with Crippen LogP contribution in [0.25, 0.3) is 16.7 Å². The predicted octanol–water partition coefficient (Wildman–Crippen LogP) is 1.85. The van der Waals surface area contributed by atoms with Gasteiger partial charge in [0.1, 0.15) is 22.7 Å². The number of hydrogen-bond donors (Lipinski definition) is 3. The van der Waals surface area contributed by atoms with E-state index in [9.17, 15) is 5.26 Å². The van der Waals surface area contributed by atoms with Gasteiger partial charge in [-0.2, -0.15) is 9.66 Å². The summed E-state index contributed by atoms with van der Waals surface area (Å²) in [6.07, 6.45) is 1.10. The SMILES string of the molecule is CC(C)c1cc(NCCC[NH+](C)C)[n+]2c([nH]c3ccccc32)c1C#N. The first-order valence-electron chi connectivity index (χ1n) is 8.95. The van der Waals surface area contributed by atoms with E-state index in [0.29, 0.717) is 0 Å². The first-order valence-corrected chi connectivity index (χ1v) is 8.95. The lowest BCUT2D eigenvalue weighted by molar-refractivity contribution is -0.858. The number of imidazole rings is 1. The fourth-order valence-corrected chi connectivity index (χ4v) is 3.28. The summed E-state index contributed by atoms with van der Waals surface area (Å²) in [6, 6.07) is 12.7. The van der Waals surface area contributed by atoms with Gasteiger partial charge in [-0.05, 0) is 23.6 Å². The Morgan fingerprint density at radius 1 is 1.28 bits per heavy atom. The first-order chi connectivity index (χ1) is 12.0. The van der Waals surface area contributed by atoms with Crippen molar-refractivity contribution in [3.63, 3.8) is 0 Å². The molecule has 2 heterocycles. The van der Waals surface area contributed by atoms with Gasteiger partial charge in [0.05, 0.1) is 27.2 Å². The van der Waals surface area contributed by atoms with Crippen LogP contribution in [0.5, 0.6) is 0 Å². The number of benzene rings is 1. The molecule has 3 aromatic rings. The highest BCUT2D eigenvalue weighted by molar-refractivity contribution is 5.77. The lowest BCUT2D eigenvalue weighted by atomic mass is 9.99. The molecule has 0 aliphatic rings. The van der Waals surface area contributed by atoms with Crippen LogP contribution < -0.4 is 14.6 Å². The second kappa shape index (κ2) is 7.12. The number of hydrogen-bond acceptors (Lipinski definition) is 2. The highest BCUT2D eigenvalue weighted by Gasteiger charge is 2.22. The minimum absolute atomic E-state index is 0.290. The van der Waals surface area contributed by atoms with Gasteiger partial charge < -0.3 is 10.2 Å². The van der Waals surface area contributed by atoms with E-state index in [1.54, 1.807) is 0 Å². The fourth-order valence-electron chi connectivity index (χ4n) is 3.28. The van der Waals surface area contributed by atoms with Crippen LogP contribution in [0.4, 0.5) is 5.82 Å². The molecule has 0 spiro atoms. The minimum atomic E-state index is 0.290. The quantitative estimate of drug-likeness (QED) is 0.475. The Morgan fingerprint density at radius 3 is 2.72 bits per heavy atom. The molecule has 0 aliphatic carbocycles. The number of para-hydroxylation sites is 2. The number of rotatable bonds is 6. The van der Waals surface area contributed by atoms with Crippen molar-refractivity contribution < 1.29 is 9.30 Å². The summed E-state index contributed by atoms with van der Waals surface area (Å²) >= 11 is 0. The average molecular weight is 337 g/mol. The Hall–Kier alpha value is -2.58. The average Bonchev–Trinajstić information content (AvgIpc) is 2.97. The Kier molecular flexibility index (Phi) is 4.91. The molecule has 0 fully saturated rings. The van der Waals surface area contributed by atoms with Crippen LogP contribution in [-0.4, -0.2) is 32.2 Å². The molecule has 3 rings (SSSR count). The molecule has 0 saturated heterocycles. The van der Waals surface area contributed by atoms with Gasteiger partial charge in [-0.15, -0.1) is 0 Å². The lowest BCUT2D eigenvalue weighted by Gasteiger charge is -2.11. The van der Waals surface area contributed by atoms with Crippen molar-refractivity contribution in [2.24, 2.45) is 0 Å². The summed E-state index contributed by atoms with van der Waals surface area (Å²) in [6.45, 7) is 6.31. The zero-order valence-corrected chi connectivity index (χ0v) is 15.5. The topological polar surface area (TPSA) is 60.1 Å². The van der Waals surface area contributed by atoms with E-state index in [1.165, 1.54) is 4.90 Å². The number of nitrogens with zero attached hydrogens (tertiary/aromatic N) is 2. The number of anilines is 1. The molecule has 0 saturated carbocycles. The summed E-state index contributed by atoms with van der Waals surface area (Å²) in [5.41, 5.74) is 4.81. The molecule has 0 aliphatic heterocycles. The van der Waals surface area contributed by atoms with Crippen molar-refractivity contribution in [2.45, 2.75) is 26.2 Å². The summed E-state index contributed by atoms with van der Waals surface area (Å²) in [5, 5.41) is 13.3. The maximum atomic E-state index is 9.75. The van der Waals surface area contributed by atoms with Crippen LogP contribution in [0.3, 0.4) is 0 Å². The molecule has 3 N–H and O–H groups in total. The van der Waals surface area contributed by atoms with E-state index >= 15 is 0 Å². The van der Waals surface area contributed by atoms with Crippen molar-refractivity contribution >= 4 is 22.5 Å². The summed E-state index contributed by atoms with van der Waals surface area (Å²) in [7, 11) is 4.34. The Bertz CT molecular complexity index is 931. The van der Waals surface area contributed by atoms with Gasteiger partial charge >= 0.3 is 0 Å². The number of aromatic nitrogens is 2. The van der Waals surface area contributed by atoms with Crippen molar-refractivity contribution in [1.29, 1.82) is 5.26 Å². The Balaban J connectivity index is 2.14. The fraction of sp³-hybridized carbons (Fsp3) is 0.400. The van der Waals surface area contributed by atoms with E-state index in [2.05, 4.69) is 66.9 Å². The van der Waals surface area contributed by atoms with Crippen molar-refractivity contribution in [3.8, 4) is 6.07 Å². The highest BCUT2D eigenvalue weighted by Crippen LogP contribution is 2.25. The maximum Gasteiger partial charge on any atom is 0.250 e. The van der Waals surface area contributed by atoms with E-state index in [4.69, 9.17) is 0 Å². The maximum absolute atomic E-state index is 9.75. The van der Waals surface area contributed by atoms with Gasteiger partial charge in [0.2, 0.25) is 11.5 Å². The molecule has 5 heteroatoms. The van der Waals surface area contributed by atoms with E-state index in [-0.39, 0.29) is 5.92 Å². The van der Waals surface area contributed by atoms with Gasteiger partial charge in [0, 0.05) is 12.5 Å². The predicted molar refractivity (Wildman–Crippen MR) is 101 cm³/mol. The molecule has 0 unspecified atom stereocenters. The van der Waals surface area contributed by atoms with E-state index < -0.39 is 0 Å². The number of pyridine rings is 1. The third-order valence-corrected chi connectivity index (χ3v) is 4.57. The van der Waals surface area contributed by atoms with Crippen molar-refractivity contribution in [1.82, 2.24) is 4.98 Å².